The number of nitrogens with two attached hydrogens (primary N) is 1. The largest absolute Gasteiger partial charge is 0.491 e. The van der Waals surface area contributed by atoms with E-state index in [1.165, 1.54) is 6.42 Å². The van der Waals surface area contributed by atoms with E-state index in [4.69, 9.17) is 19.9 Å². The maximum atomic E-state index is 12.3. The van der Waals surface area contributed by atoms with Crippen LogP contribution in [0.2, 0.25) is 0 Å². The van der Waals surface area contributed by atoms with Gasteiger partial charge in [0.25, 0.3) is 0 Å². The normalized spacial score (nSPS) is 20.8. The van der Waals surface area contributed by atoms with Gasteiger partial charge in [0, 0.05) is 35.4 Å². The van der Waals surface area contributed by atoms with Gasteiger partial charge in [-0.15, -0.1) is 0 Å². The van der Waals surface area contributed by atoms with Crippen molar-refractivity contribution in [2.45, 2.75) is 70.1 Å². The van der Waals surface area contributed by atoms with E-state index < -0.39 is 6.09 Å². The monoisotopic (exact) mass is 489 g/mol. The Morgan fingerprint density at radius 3 is 2.58 bits per heavy atom. The standard InChI is InChI=1S/C29H35N3O4/c1-18(19-7-8-19)36-29(33)31-21-11-9-20(10-12-21)28-27(30)25-14-13-23(35-17-24-6-3-15-34-24)16-26(25)32(28)22-4-2-5-22/h9-14,16,18-19,22,24H,2-8,15,17,30H2,1H3,(H,31,33)/t18?,24-/m1/s1. The van der Waals surface area contributed by atoms with Crippen molar-refractivity contribution in [3.05, 3.63) is 42.5 Å². The number of ether oxygens (including phenoxy) is 3. The van der Waals surface area contributed by atoms with E-state index in [1.54, 1.807) is 0 Å². The van der Waals surface area contributed by atoms with Gasteiger partial charge >= 0.3 is 6.09 Å². The molecule has 0 radical (unpaired) electrons. The van der Waals surface area contributed by atoms with Crippen LogP contribution in [0.5, 0.6) is 5.75 Å². The molecule has 3 aromatic rings. The summed E-state index contributed by atoms with van der Waals surface area (Å²) in [6.45, 7) is 3.36. The zero-order valence-corrected chi connectivity index (χ0v) is 20.9. The van der Waals surface area contributed by atoms with Gasteiger partial charge in [0.05, 0.1) is 23.0 Å². The second-order valence-electron chi connectivity index (χ2n) is 10.5. The fourth-order valence-corrected chi connectivity index (χ4v) is 5.38. The number of amides is 1. The van der Waals surface area contributed by atoms with Crippen LogP contribution in [-0.2, 0) is 9.47 Å². The molecule has 0 bridgehead atoms. The highest BCUT2D eigenvalue weighted by molar-refractivity contribution is 6.01. The molecule has 3 N–H and O–H groups in total. The number of carbonyl (C=O) groups is 1. The molecular formula is C29H35N3O4. The fraction of sp³-hybridized carbons (Fsp3) is 0.483. The Hall–Kier alpha value is -3.19. The smallest absolute Gasteiger partial charge is 0.411 e. The molecule has 3 aliphatic rings. The van der Waals surface area contributed by atoms with E-state index in [1.807, 2.05) is 37.3 Å². The van der Waals surface area contributed by atoms with E-state index in [-0.39, 0.29) is 12.2 Å². The lowest BCUT2D eigenvalue weighted by molar-refractivity contribution is 0.0680. The van der Waals surface area contributed by atoms with E-state index in [0.717, 1.165) is 78.7 Å². The molecule has 2 saturated carbocycles. The summed E-state index contributed by atoms with van der Waals surface area (Å²) >= 11 is 0. The molecule has 7 nitrogen and oxygen atoms in total. The summed E-state index contributed by atoms with van der Waals surface area (Å²) in [7, 11) is 0. The summed E-state index contributed by atoms with van der Waals surface area (Å²) in [4.78, 5) is 12.3. The minimum atomic E-state index is -0.402. The highest BCUT2D eigenvalue weighted by Gasteiger charge is 2.31. The quantitative estimate of drug-likeness (QED) is 0.376. The fourth-order valence-electron chi connectivity index (χ4n) is 5.38. The summed E-state index contributed by atoms with van der Waals surface area (Å²) in [6.07, 6.45) is 7.69. The molecule has 6 rings (SSSR count). The zero-order chi connectivity index (χ0) is 24.6. The third-order valence-corrected chi connectivity index (χ3v) is 7.90. The van der Waals surface area contributed by atoms with Crippen LogP contribution in [0.3, 0.4) is 0 Å². The van der Waals surface area contributed by atoms with Crippen LogP contribution >= 0.6 is 0 Å². The SMILES string of the molecule is CC(OC(=O)Nc1ccc(-c2c(N)c3ccc(OC[C@H]4CCCO4)cc3n2C2CCC2)cc1)C1CC1. The first-order valence-electron chi connectivity index (χ1n) is 13.3. The first-order chi connectivity index (χ1) is 17.6. The molecule has 1 aliphatic heterocycles. The average Bonchev–Trinajstić information content (AvgIpc) is 3.50. The first kappa shape index (κ1) is 23.2. The zero-order valence-electron chi connectivity index (χ0n) is 20.9. The first-order valence-corrected chi connectivity index (χ1v) is 13.3. The Morgan fingerprint density at radius 1 is 1.11 bits per heavy atom. The average molecular weight is 490 g/mol. The Bertz CT molecular complexity index is 1240. The summed E-state index contributed by atoms with van der Waals surface area (Å²) in [5, 5.41) is 3.90. The maximum Gasteiger partial charge on any atom is 0.411 e. The second kappa shape index (κ2) is 9.69. The number of nitrogens with one attached hydrogen (secondary N) is 1. The van der Waals surface area contributed by atoms with Gasteiger partial charge in [0.2, 0.25) is 0 Å². The Morgan fingerprint density at radius 2 is 1.92 bits per heavy atom. The lowest BCUT2D eigenvalue weighted by atomic mass is 9.92. The van der Waals surface area contributed by atoms with E-state index in [2.05, 4.69) is 22.0 Å². The number of hydrogen-bond acceptors (Lipinski definition) is 5. The number of carbonyl (C=O) groups excluding carboxylic acids is 1. The molecule has 2 aliphatic carbocycles. The summed E-state index contributed by atoms with van der Waals surface area (Å²) in [5.74, 6) is 1.36. The Balaban J connectivity index is 1.25. The van der Waals surface area contributed by atoms with Crippen LogP contribution in [0, 0.1) is 5.92 Å². The molecule has 1 amide bonds. The number of hydrogen-bond donors (Lipinski definition) is 2. The van der Waals surface area contributed by atoms with E-state index >= 15 is 0 Å². The molecule has 0 spiro atoms. The Kier molecular flexibility index (Phi) is 6.25. The minimum absolute atomic E-state index is 0.0400. The van der Waals surface area contributed by atoms with E-state index in [9.17, 15) is 4.79 Å². The van der Waals surface area contributed by atoms with Crippen LogP contribution < -0.4 is 15.8 Å². The number of fused-ring (bicyclic) bond motifs is 1. The molecule has 1 unspecified atom stereocenters. The van der Waals surface area contributed by atoms with Crippen molar-refractivity contribution < 1.29 is 19.0 Å². The molecule has 7 heteroatoms. The van der Waals surface area contributed by atoms with Gasteiger partial charge in [-0.3, -0.25) is 5.32 Å². The highest BCUT2D eigenvalue weighted by atomic mass is 16.6. The van der Waals surface area contributed by atoms with Crippen LogP contribution in [0.15, 0.2) is 42.5 Å². The van der Waals surface area contributed by atoms with Crippen molar-refractivity contribution in [3.63, 3.8) is 0 Å². The molecule has 2 aromatic carbocycles. The minimum Gasteiger partial charge on any atom is -0.491 e. The molecule has 2 atom stereocenters. The molecule has 1 saturated heterocycles. The van der Waals surface area contributed by atoms with Crippen molar-refractivity contribution >= 4 is 28.4 Å². The molecule has 36 heavy (non-hydrogen) atoms. The van der Waals surface area contributed by atoms with Crippen LogP contribution in [0.4, 0.5) is 16.2 Å². The van der Waals surface area contributed by atoms with Gasteiger partial charge in [-0.05, 0) is 82.1 Å². The molecule has 3 fully saturated rings. The summed E-state index contributed by atoms with van der Waals surface area (Å²) in [5.41, 5.74) is 11.4. The Labute approximate surface area is 211 Å². The summed E-state index contributed by atoms with van der Waals surface area (Å²) < 4.78 is 19.7. The van der Waals surface area contributed by atoms with Gasteiger partial charge in [-0.25, -0.2) is 4.79 Å². The van der Waals surface area contributed by atoms with Crippen molar-refractivity contribution in [1.82, 2.24) is 4.57 Å². The molecule has 2 heterocycles. The van der Waals surface area contributed by atoms with Gasteiger partial charge in [-0.1, -0.05) is 12.1 Å². The third kappa shape index (κ3) is 4.64. The van der Waals surface area contributed by atoms with Crippen molar-refractivity contribution in [3.8, 4) is 17.0 Å². The summed E-state index contributed by atoms with van der Waals surface area (Å²) in [6, 6.07) is 14.5. The lowest BCUT2D eigenvalue weighted by Gasteiger charge is -2.30. The van der Waals surface area contributed by atoms with Gasteiger partial charge in [0.15, 0.2) is 0 Å². The van der Waals surface area contributed by atoms with Crippen LogP contribution in [0.1, 0.15) is 57.9 Å². The van der Waals surface area contributed by atoms with Gasteiger partial charge < -0.3 is 24.5 Å². The number of benzene rings is 2. The second-order valence-corrected chi connectivity index (χ2v) is 10.5. The number of anilines is 2. The highest BCUT2D eigenvalue weighted by Crippen LogP contribution is 2.45. The van der Waals surface area contributed by atoms with Crippen LogP contribution in [-0.4, -0.2) is 36.1 Å². The molecular weight excluding hydrogens is 454 g/mol. The number of nitrogen functional groups attached to an aromatic ring is 1. The van der Waals surface area contributed by atoms with Crippen molar-refractivity contribution in [2.75, 3.05) is 24.3 Å². The maximum absolute atomic E-state index is 12.3. The third-order valence-electron chi connectivity index (χ3n) is 7.90. The predicted molar refractivity (Wildman–Crippen MR) is 141 cm³/mol. The van der Waals surface area contributed by atoms with Gasteiger partial charge in [-0.2, -0.15) is 0 Å². The lowest BCUT2D eigenvalue weighted by Crippen LogP contribution is -2.21. The molecule has 1 aromatic heterocycles. The number of aromatic nitrogens is 1. The van der Waals surface area contributed by atoms with Crippen molar-refractivity contribution in [2.24, 2.45) is 5.92 Å². The van der Waals surface area contributed by atoms with Crippen LogP contribution in [0.25, 0.3) is 22.2 Å². The number of nitrogens with zero attached hydrogens (tertiary/aromatic N) is 1. The topological polar surface area (TPSA) is 87.7 Å². The molecule has 190 valence electrons. The van der Waals surface area contributed by atoms with E-state index in [0.29, 0.717) is 24.3 Å². The van der Waals surface area contributed by atoms with Gasteiger partial charge in [0.1, 0.15) is 18.5 Å². The predicted octanol–water partition coefficient (Wildman–Crippen LogP) is 6.52. The van der Waals surface area contributed by atoms with Crippen molar-refractivity contribution in [1.29, 1.82) is 0 Å². The number of rotatable bonds is 8.